The fourth-order valence-electron chi connectivity index (χ4n) is 2.29. The van der Waals surface area contributed by atoms with E-state index in [4.69, 9.17) is 0 Å². The second-order valence-electron chi connectivity index (χ2n) is 4.21. The molecule has 0 amide bonds. The van der Waals surface area contributed by atoms with E-state index >= 15 is 0 Å². The molecule has 0 saturated heterocycles. The van der Waals surface area contributed by atoms with E-state index in [9.17, 15) is 4.79 Å². The molecule has 1 N–H and O–H groups in total. The Morgan fingerprint density at radius 1 is 1.18 bits per heavy atom. The number of hydrogen-bond donors (Lipinski definition) is 1. The Balaban J connectivity index is 1.95. The van der Waals surface area contributed by atoms with Gasteiger partial charge in [-0.1, -0.05) is 24.3 Å². The van der Waals surface area contributed by atoms with Crippen molar-refractivity contribution in [1.82, 2.24) is 10.2 Å². The minimum Gasteiger partial charge on any atom is -0.362 e. The maximum absolute atomic E-state index is 11.7. The van der Waals surface area contributed by atoms with Gasteiger partial charge in [-0.05, 0) is 23.6 Å². The van der Waals surface area contributed by atoms with Crippen LogP contribution in [0.3, 0.4) is 0 Å². The zero-order chi connectivity index (χ0) is 11.7. The Hall–Kier alpha value is -2.10. The Bertz CT molecular complexity index is 591. The second kappa shape index (κ2) is 4.05. The van der Waals surface area contributed by atoms with E-state index in [2.05, 4.69) is 33.3 Å². The van der Waals surface area contributed by atoms with Gasteiger partial charge in [0.25, 0.3) is 5.56 Å². The molecule has 1 aromatic carbocycles. The van der Waals surface area contributed by atoms with Crippen molar-refractivity contribution in [2.45, 2.75) is 13.0 Å². The molecular weight excluding hydrogens is 214 g/mol. The van der Waals surface area contributed by atoms with Crippen molar-refractivity contribution in [1.29, 1.82) is 0 Å². The molecule has 3 rings (SSSR count). The van der Waals surface area contributed by atoms with Gasteiger partial charge >= 0.3 is 0 Å². The fraction of sp³-hybridized carbons (Fsp3) is 0.231. The van der Waals surface area contributed by atoms with Gasteiger partial charge in [0.2, 0.25) is 0 Å². The number of nitrogens with zero attached hydrogens (tertiary/aromatic N) is 2. The van der Waals surface area contributed by atoms with E-state index in [1.165, 1.54) is 11.1 Å². The number of anilines is 1. The number of fused-ring (bicyclic) bond motifs is 1. The van der Waals surface area contributed by atoms with Gasteiger partial charge in [0.15, 0.2) is 0 Å². The first-order valence-electron chi connectivity index (χ1n) is 5.70. The zero-order valence-electron chi connectivity index (χ0n) is 9.39. The fourth-order valence-corrected chi connectivity index (χ4v) is 2.29. The highest BCUT2D eigenvalue weighted by atomic mass is 16.1. The van der Waals surface area contributed by atoms with Gasteiger partial charge < -0.3 is 4.90 Å². The van der Waals surface area contributed by atoms with Crippen molar-refractivity contribution in [3.05, 3.63) is 58.0 Å². The first-order valence-corrected chi connectivity index (χ1v) is 5.70. The van der Waals surface area contributed by atoms with Crippen molar-refractivity contribution in [3.8, 4) is 0 Å². The molecule has 0 radical (unpaired) electrons. The number of nitrogens with one attached hydrogen (secondary N) is 1. The molecule has 1 aliphatic rings. The van der Waals surface area contributed by atoms with E-state index in [0.29, 0.717) is 5.69 Å². The Morgan fingerprint density at radius 2 is 2.00 bits per heavy atom. The van der Waals surface area contributed by atoms with Crippen LogP contribution in [0.1, 0.15) is 11.1 Å². The van der Waals surface area contributed by atoms with Crippen molar-refractivity contribution < 1.29 is 0 Å². The van der Waals surface area contributed by atoms with Gasteiger partial charge in [-0.2, -0.15) is 5.10 Å². The van der Waals surface area contributed by atoms with Crippen LogP contribution in [0.4, 0.5) is 5.69 Å². The summed E-state index contributed by atoms with van der Waals surface area (Å²) >= 11 is 0. The Labute approximate surface area is 98.9 Å². The molecule has 86 valence electrons. The summed E-state index contributed by atoms with van der Waals surface area (Å²) in [5, 5.41) is 6.19. The largest absolute Gasteiger partial charge is 0.362 e. The SMILES string of the molecule is O=c1[nH]nccc1N1CCc2ccccc2C1. The summed E-state index contributed by atoms with van der Waals surface area (Å²) in [5.41, 5.74) is 3.27. The smallest absolute Gasteiger partial charge is 0.287 e. The van der Waals surface area contributed by atoms with Gasteiger partial charge in [0, 0.05) is 19.3 Å². The summed E-state index contributed by atoms with van der Waals surface area (Å²) in [6.45, 7) is 1.67. The molecule has 0 aliphatic carbocycles. The third-order valence-electron chi connectivity index (χ3n) is 3.18. The highest BCUT2D eigenvalue weighted by Gasteiger charge is 2.17. The summed E-state index contributed by atoms with van der Waals surface area (Å²) in [6.07, 6.45) is 2.61. The molecule has 0 bridgehead atoms. The molecule has 1 aromatic heterocycles. The summed E-state index contributed by atoms with van der Waals surface area (Å²) in [7, 11) is 0. The lowest BCUT2D eigenvalue weighted by atomic mass is 10.00. The maximum atomic E-state index is 11.7. The van der Waals surface area contributed by atoms with E-state index in [1.807, 2.05) is 6.07 Å². The minimum atomic E-state index is -0.119. The molecule has 2 aromatic rings. The minimum absolute atomic E-state index is 0.119. The molecule has 0 spiro atoms. The molecular formula is C13H13N3O. The molecule has 0 unspecified atom stereocenters. The monoisotopic (exact) mass is 227 g/mol. The lowest BCUT2D eigenvalue weighted by Crippen LogP contribution is -2.34. The number of H-pyrrole nitrogens is 1. The molecule has 4 nitrogen and oxygen atoms in total. The number of hydrogen-bond acceptors (Lipinski definition) is 3. The molecule has 1 aliphatic heterocycles. The molecule has 0 atom stereocenters. The topological polar surface area (TPSA) is 49.0 Å². The average molecular weight is 227 g/mol. The van der Waals surface area contributed by atoms with E-state index < -0.39 is 0 Å². The normalized spacial score (nSPS) is 14.5. The van der Waals surface area contributed by atoms with Crippen LogP contribution >= 0.6 is 0 Å². The first-order chi connectivity index (χ1) is 8.34. The Kier molecular flexibility index (Phi) is 2.40. The second-order valence-corrected chi connectivity index (χ2v) is 4.21. The highest BCUT2D eigenvalue weighted by Crippen LogP contribution is 2.21. The lowest BCUT2D eigenvalue weighted by molar-refractivity contribution is 0.723. The quantitative estimate of drug-likeness (QED) is 0.799. The predicted molar refractivity (Wildman–Crippen MR) is 66.1 cm³/mol. The summed E-state index contributed by atoms with van der Waals surface area (Å²) < 4.78 is 0. The number of aromatic amines is 1. The van der Waals surface area contributed by atoms with Crippen molar-refractivity contribution >= 4 is 5.69 Å². The third kappa shape index (κ3) is 1.82. The van der Waals surface area contributed by atoms with Crippen molar-refractivity contribution in [3.63, 3.8) is 0 Å². The molecule has 0 saturated carbocycles. The van der Waals surface area contributed by atoms with Crippen LogP contribution < -0.4 is 10.5 Å². The average Bonchev–Trinajstić information content (AvgIpc) is 2.39. The standard InChI is InChI=1S/C13H13N3O/c17-13-12(5-7-14-15-13)16-8-6-10-3-1-2-4-11(10)9-16/h1-5,7H,6,8-9H2,(H,15,17). The summed E-state index contributed by atoms with van der Waals surface area (Å²) in [4.78, 5) is 13.8. The van der Waals surface area contributed by atoms with Gasteiger partial charge in [-0.3, -0.25) is 4.79 Å². The lowest BCUT2D eigenvalue weighted by Gasteiger charge is -2.29. The summed E-state index contributed by atoms with van der Waals surface area (Å²) in [5.74, 6) is 0. The van der Waals surface area contributed by atoms with Crippen LogP contribution in [0, 0.1) is 0 Å². The molecule has 17 heavy (non-hydrogen) atoms. The van der Waals surface area contributed by atoms with Crippen LogP contribution in [-0.2, 0) is 13.0 Å². The van der Waals surface area contributed by atoms with E-state index in [1.54, 1.807) is 12.3 Å². The van der Waals surface area contributed by atoms with Gasteiger partial charge in [0.1, 0.15) is 5.69 Å². The van der Waals surface area contributed by atoms with Crippen molar-refractivity contribution in [2.75, 3.05) is 11.4 Å². The van der Waals surface area contributed by atoms with E-state index in [0.717, 1.165) is 19.5 Å². The van der Waals surface area contributed by atoms with Gasteiger partial charge in [-0.15, -0.1) is 0 Å². The van der Waals surface area contributed by atoms with Crippen LogP contribution in [0.2, 0.25) is 0 Å². The summed E-state index contributed by atoms with van der Waals surface area (Å²) in [6, 6.07) is 10.2. The number of rotatable bonds is 1. The zero-order valence-corrected chi connectivity index (χ0v) is 9.39. The molecule has 4 heteroatoms. The molecule has 0 fully saturated rings. The number of aromatic nitrogens is 2. The van der Waals surface area contributed by atoms with Crippen LogP contribution in [0.15, 0.2) is 41.3 Å². The van der Waals surface area contributed by atoms with Crippen LogP contribution in [0.5, 0.6) is 0 Å². The van der Waals surface area contributed by atoms with Gasteiger partial charge in [0.05, 0.1) is 0 Å². The third-order valence-corrected chi connectivity index (χ3v) is 3.18. The van der Waals surface area contributed by atoms with E-state index in [-0.39, 0.29) is 5.56 Å². The highest BCUT2D eigenvalue weighted by molar-refractivity contribution is 5.47. The maximum Gasteiger partial charge on any atom is 0.287 e. The van der Waals surface area contributed by atoms with Crippen LogP contribution in [0.25, 0.3) is 0 Å². The first kappa shape index (κ1) is 10.1. The molecule has 2 heterocycles. The number of benzene rings is 1. The van der Waals surface area contributed by atoms with Gasteiger partial charge in [-0.25, -0.2) is 5.10 Å². The Morgan fingerprint density at radius 3 is 2.82 bits per heavy atom. The predicted octanol–water partition coefficient (Wildman–Crippen LogP) is 1.33. The van der Waals surface area contributed by atoms with Crippen LogP contribution in [-0.4, -0.2) is 16.7 Å². The van der Waals surface area contributed by atoms with Crippen molar-refractivity contribution in [2.24, 2.45) is 0 Å².